The van der Waals surface area contributed by atoms with Crippen LogP contribution >= 0.6 is 0 Å². The molecule has 1 aliphatic heterocycles. The number of phenolic OH excluding ortho intramolecular Hbond substituents is 1. The number of aromatic hydroxyl groups is 1. The number of ether oxygens (including phenoxy) is 1. The zero-order valence-electron chi connectivity index (χ0n) is 13.8. The summed E-state index contributed by atoms with van der Waals surface area (Å²) < 4.78 is 5.34. The van der Waals surface area contributed by atoms with Gasteiger partial charge in [-0.25, -0.2) is 4.79 Å². The summed E-state index contributed by atoms with van der Waals surface area (Å²) in [6.07, 6.45) is 0.653. The quantitative estimate of drug-likeness (QED) is 0.897. The molecule has 1 aromatic carbocycles. The number of nitrogens with one attached hydrogen (secondary N) is 1. The third kappa shape index (κ3) is 4.91. The second-order valence-electron chi connectivity index (χ2n) is 7.02. The van der Waals surface area contributed by atoms with E-state index in [4.69, 9.17) is 4.74 Å². The lowest BCUT2D eigenvalue weighted by Gasteiger charge is -2.41. The third-order valence-electron chi connectivity index (χ3n) is 3.53. The molecule has 1 atom stereocenters. The first-order valence-electron chi connectivity index (χ1n) is 7.75. The van der Waals surface area contributed by atoms with Gasteiger partial charge in [0.15, 0.2) is 0 Å². The van der Waals surface area contributed by atoms with E-state index in [1.807, 2.05) is 32.9 Å². The summed E-state index contributed by atoms with van der Waals surface area (Å²) in [4.78, 5) is 13.6. The number of amides is 1. The Morgan fingerprint density at radius 3 is 2.50 bits per heavy atom. The van der Waals surface area contributed by atoms with E-state index in [0.29, 0.717) is 25.2 Å². The lowest BCUT2D eigenvalue weighted by atomic mass is 10.0. The minimum absolute atomic E-state index is 0.239. The van der Waals surface area contributed by atoms with E-state index in [1.54, 1.807) is 17.0 Å². The number of carbonyl (C=O) groups is 1. The molecular weight excluding hydrogens is 280 g/mol. The summed E-state index contributed by atoms with van der Waals surface area (Å²) in [6.45, 7) is 9.13. The van der Waals surface area contributed by atoms with Crippen molar-refractivity contribution in [1.82, 2.24) is 10.2 Å². The molecule has 2 N–H and O–H groups in total. The molecule has 1 heterocycles. The molecule has 1 unspecified atom stereocenters. The summed E-state index contributed by atoms with van der Waals surface area (Å²) in [5.41, 5.74) is 0.739. The van der Waals surface area contributed by atoms with Crippen LogP contribution in [0.5, 0.6) is 5.75 Å². The van der Waals surface area contributed by atoms with Crippen molar-refractivity contribution >= 4 is 6.09 Å². The van der Waals surface area contributed by atoms with Gasteiger partial charge in [0.25, 0.3) is 0 Å². The van der Waals surface area contributed by atoms with Crippen LogP contribution in [-0.4, -0.2) is 46.9 Å². The molecule has 1 fully saturated rings. The lowest BCUT2D eigenvalue weighted by molar-refractivity contribution is 0.00436. The molecule has 1 amide bonds. The number of benzene rings is 1. The van der Waals surface area contributed by atoms with Gasteiger partial charge in [-0.05, 0) is 51.8 Å². The third-order valence-corrected chi connectivity index (χ3v) is 3.53. The highest BCUT2D eigenvalue weighted by molar-refractivity contribution is 5.69. The zero-order valence-corrected chi connectivity index (χ0v) is 13.8. The van der Waals surface area contributed by atoms with Gasteiger partial charge < -0.3 is 20.1 Å². The van der Waals surface area contributed by atoms with Crippen LogP contribution in [0.1, 0.15) is 33.3 Å². The van der Waals surface area contributed by atoms with Crippen molar-refractivity contribution in [3.63, 3.8) is 0 Å². The summed E-state index contributed by atoms with van der Waals surface area (Å²) in [5, 5.41) is 12.8. The molecule has 5 heteroatoms. The number of carbonyl (C=O) groups excluding carboxylic acids is 1. The molecule has 1 aromatic rings. The molecule has 0 saturated carbocycles. The zero-order chi connectivity index (χ0) is 16.3. The number of phenols is 1. The molecule has 0 aliphatic carbocycles. The van der Waals surface area contributed by atoms with Crippen LogP contribution in [0.2, 0.25) is 0 Å². The number of nitrogens with zero attached hydrogens (tertiary/aromatic N) is 1. The number of hydrogen-bond acceptors (Lipinski definition) is 4. The molecule has 1 saturated heterocycles. The molecule has 122 valence electrons. The first kappa shape index (κ1) is 16.6. The largest absolute Gasteiger partial charge is 0.508 e. The highest BCUT2D eigenvalue weighted by Crippen LogP contribution is 2.16. The second kappa shape index (κ2) is 6.57. The summed E-state index contributed by atoms with van der Waals surface area (Å²) >= 11 is 0. The second-order valence-corrected chi connectivity index (χ2v) is 7.02. The Bertz CT molecular complexity index is 502. The van der Waals surface area contributed by atoms with Crippen LogP contribution in [0, 0.1) is 0 Å². The van der Waals surface area contributed by atoms with Crippen molar-refractivity contribution < 1.29 is 14.6 Å². The standard InChI is InChI=1S/C17H26N2O3/c1-12(9-13-5-7-15(20)8-6-13)18-14-10-19(11-14)16(21)22-17(2,3)4/h5-8,12,14,18,20H,9-11H2,1-4H3. The summed E-state index contributed by atoms with van der Waals surface area (Å²) in [5.74, 6) is 0.288. The fourth-order valence-corrected chi connectivity index (χ4v) is 2.51. The van der Waals surface area contributed by atoms with Gasteiger partial charge in [-0.1, -0.05) is 12.1 Å². The van der Waals surface area contributed by atoms with Crippen molar-refractivity contribution in [2.45, 2.75) is 51.8 Å². The van der Waals surface area contributed by atoms with Crippen molar-refractivity contribution in [1.29, 1.82) is 0 Å². The van der Waals surface area contributed by atoms with Gasteiger partial charge >= 0.3 is 6.09 Å². The molecule has 0 bridgehead atoms. The Morgan fingerprint density at radius 1 is 1.36 bits per heavy atom. The molecule has 0 radical (unpaired) electrons. The van der Waals surface area contributed by atoms with E-state index < -0.39 is 5.60 Å². The molecule has 1 aliphatic rings. The van der Waals surface area contributed by atoms with E-state index >= 15 is 0 Å². The van der Waals surface area contributed by atoms with Crippen molar-refractivity contribution in [2.24, 2.45) is 0 Å². The Hall–Kier alpha value is -1.75. The van der Waals surface area contributed by atoms with Gasteiger partial charge in [-0.15, -0.1) is 0 Å². The van der Waals surface area contributed by atoms with Crippen LogP contribution in [-0.2, 0) is 11.2 Å². The van der Waals surface area contributed by atoms with E-state index in [0.717, 1.165) is 6.42 Å². The average Bonchev–Trinajstić information content (AvgIpc) is 2.34. The van der Waals surface area contributed by atoms with Gasteiger partial charge in [0.2, 0.25) is 0 Å². The maximum atomic E-state index is 11.8. The van der Waals surface area contributed by atoms with Gasteiger partial charge in [0.1, 0.15) is 11.4 Å². The molecule has 0 aromatic heterocycles. The van der Waals surface area contributed by atoms with Gasteiger partial charge in [0, 0.05) is 25.2 Å². The van der Waals surface area contributed by atoms with Gasteiger partial charge in [0.05, 0.1) is 0 Å². The van der Waals surface area contributed by atoms with E-state index in [1.165, 1.54) is 5.56 Å². The number of rotatable bonds is 4. The Kier molecular flexibility index (Phi) is 4.96. The van der Waals surface area contributed by atoms with Crippen molar-refractivity contribution in [2.75, 3.05) is 13.1 Å². The van der Waals surface area contributed by atoms with E-state index in [2.05, 4.69) is 12.2 Å². The van der Waals surface area contributed by atoms with Crippen molar-refractivity contribution in [3.05, 3.63) is 29.8 Å². The van der Waals surface area contributed by atoms with Crippen LogP contribution in [0.25, 0.3) is 0 Å². The highest BCUT2D eigenvalue weighted by Gasteiger charge is 2.34. The smallest absolute Gasteiger partial charge is 0.410 e. The maximum absolute atomic E-state index is 11.8. The topological polar surface area (TPSA) is 61.8 Å². The SMILES string of the molecule is CC(Cc1ccc(O)cc1)NC1CN(C(=O)OC(C)(C)C)C1. The van der Waals surface area contributed by atoms with Crippen molar-refractivity contribution in [3.8, 4) is 5.75 Å². The fraction of sp³-hybridized carbons (Fsp3) is 0.588. The summed E-state index contributed by atoms with van der Waals surface area (Å²) in [7, 11) is 0. The van der Waals surface area contributed by atoms with Crippen LogP contribution in [0.15, 0.2) is 24.3 Å². The fourth-order valence-electron chi connectivity index (χ4n) is 2.51. The first-order chi connectivity index (χ1) is 10.2. The molecular formula is C17H26N2O3. The first-order valence-corrected chi connectivity index (χ1v) is 7.75. The predicted octanol–water partition coefficient (Wildman–Crippen LogP) is 2.53. The monoisotopic (exact) mass is 306 g/mol. The normalized spacial score (nSPS) is 17.0. The molecule has 0 spiro atoms. The van der Waals surface area contributed by atoms with Crippen LogP contribution in [0.3, 0.4) is 0 Å². The molecule has 2 rings (SSSR count). The Balaban J connectivity index is 1.71. The predicted molar refractivity (Wildman–Crippen MR) is 86.0 cm³/mol. The molecule has 5 nitrogen and oxygen atoms in total. The average molecular weight is 306 g/mol. The highest BCUT2D eigenvalue weighted by atomic mass is 16.6. The Morgan fingerprint density at radius 2 is 1.95 bits per heavy atom. The van der Waals surface area contributed by atoms with Gasteiger partial charge in [-0.3, -0.25) is 0 Å². The number of hydrogen-bond donors (Lipinski definition) is 2. The molecule has 22 heavy (non-hydrogen) atoms. The van der Waals surface area contributed by atoms with Gasteiger partial charge in [-0.2, -0.15) is 0 Å². The van der Waals surface area contributed by atoms with Crippen LogP contribution in [0.4, 0.5) is 4.79 Å². The minimum atomic E-state index is -0.443. The van der Waals surface area contributed by atoms with E-state index in [9.17, 15) is 9.90 Å². The minimum Gasteiger partial charge on any atom is -0.508 e. The van der Waals surface area contributed by atoms with Crippen LogP contribution < -0.4 is 5.32 Å². The lowest BCUT2D eigenvalue weighted by Crippen LogP contribution is -2.62. The maximum Gasteiger partial charge on any atom is 0.410 e. The number of likely N-dealkylation sites (tertiary alicyclic amines) is 1. The Labute approximate surface area is 132 Å². The summed E-state index contributed by atoms with van der Waals surface area (Å²) in [6, 6.07) is 7.91. The van der Waals surface area contributed by atoms with E-state index in [-0.39, 0.29) is 11.8 Å².